The minimum Gasteiger partial charge on any atom is -0.441 e. The first-order valence-corrected chi connectivity index (χ1v) is 5.33. The fourth-order valence-corrected chi connectivity index (χ4v) is 2.01. The van der Waals surface area contributed by atoms with Crippen LogP contribution < -0.4 is 5.73 Å². The molecular formula is C12H12N4O. The van der Waals surface area contributed by atoms with Crippen molar-refractivity contribution in [2.45, 2.75) is 13.8 Å². The molecule has 0 aliphatic rings. The van der Waals surface area contributed by atoms with E-state index in [0.717, 1.165) is 27.9 Å². The standard InChI is InChI=1S/C12H12N4O/c1-6-11(12(13)16-15-6)8-3-4-9-10(5-8)17-7(2)14-9/h3-5H,1-2H3,(H3,13,15,16). The number of hydrogen-bond donors (Lipinski definition) is 2. The number of nitrogens with zero attached hydrogens (tertiary/aromatic N) is 2. The number of rotatable bonds is 1. The quantitative estimate of drug-likeness (QED) is 0.670. The Balaban J connectivity index is 2.24. The molecule has 0 bridgehead atoms. The highest BCUT2D eigenvalue weighted by Gasteiger charge is 2.11. The highest BCUT2D eigenvalue weighted by atomic mass is 16.3. The number of hydrogen-bond acceptors (Lipinski definition) is 4. The van der Waals surface area contributed by atoms with Gasteiger partial charge >= 0.3 is 0 Å². The van der Waals surface area contributed by atoms with E-state index < -0.39 is 0 Å². The van der Waals surface area contributed by atoms with Crippen molar-refractivity contribution in [1.82, 2.24) is 15.2 Å². The molecule has 5 nitrogen and oxygen atoms in total. The Morgan fingerprint density at radius 2 is 2.12 bits per heavy atom. The summed E-state index contributed by atoms with van der Waals surface area (Å²) in [6.45, 7) is 3.77. The van der Waals surface area contributed by atoms with Crippen molar-refractivity contribution in [1.29, 1.82) is 0 Å². The van der Waals surface area contributed by atoms with Crippen LogP contribution in [0, 0.1) is 13.8 Å². The fraction of sp³-hybridized carbons (Fsp3) is 0.167. The molecule has 1 aromatic carbocycles. The van der Waals surface area contributed by atoms with Crippen molar-refractivity contribution in [2.24, 2.45) is 0 Å². The third-order valence-corrected chi connectivity index (χ3v) is 2.76. The predicted molar refractivity (Wildman–Crippen MR) is 65.5 cm³/mol. The Kier molecular flexibility index (Phi) is 1.95. The molecule has 0 aliphatic carbocycles. The highest BCUT2D eigenvalue weighted by molar-refractivity contribution is 5.84. The van der Waals surface area contributed by atoms with Gasteiger partial charge < -0.3 is 10.2 Å². The van der Waals surface area contributed by atoms with Gasteiger partial charge in [0.1, 0.15) is 5.52 Å². The van der Waals surface area contributed by atoms with E-state index in [1.807, 2.05) is 32.0 Å². The molecule has 0 atom stereocenters. The van der Waals surface area contributed by atoms with E-state index in [1.54, 1.807) is 0 Å². The number of aromatic nitrogens is 3. The van der Waals surface area contributed by atoms with Crippen LogP contribution in [0.15, 0.2) is 22.6 Å². The maximum Gasteiger partial charge on any atom is 0.192 e. The molecule has 17 heavy (non-hydrogen) atoms. The number of nitrogen functional groups attached to an aromatic ring is 1. The number of aryl methyl sites for hydroxylation is 2. The highest BCUT2D eigenvalue weighted by Crippen LogP contribution is 2.30. The molecule has 5 heteroatoms. The van der Waals surface area contributed by atoms with Crippen molar-refractivity contribution in [3.05, 3.63) is 29.8 Å². The summed E-state index contributed by atoms with van der Waals surface area (Å²) in [5.74, 6) is 1.16. The lowest BCUT2D eigenvalue weighted by Crippen LogP contribution is -1.88. The van der Waals surface area contributed by atoms with Gasteiger partial charge in [-0.15, -0.1) is 0 Å². The zero-order chi connectivity index (χ0) is 12.0. The molecule has 0 fully saturated rings. The number of H-pyrrole nitrogens is 1. The van der Waals surface area contributed by atoms with Gasteiger partial charge in [0.15, 0.2) is 17.3 Å². The molecule has 3 N–H and O–H groups in total. The van der Waals surface area contributed by atoms with Gasteiger partial charge in [0.05, 0.1) is 0 Å². The number of oxazole rings is 1. The molecule has 86 valence electrons. The normalized spacial score (nSPS) is 11.2. The van der Waals surface area contributed by atoms with Crippen molar-refractivity contribution < 1.29 is 4.42 Å². The summed E-state index contributed by atoms with van der Waals surface area (Å²) < 4.78 is 5.50. The summed E-state index contributed by atoms with van der Waals surface area (Å²) in [4.78, 5) is 4.26. The van der Waals surface area contributed by atoms with E-state index >= 15 is 0 Å². The van der Waals surface area contributed by atoms with Gasteiger partial charge in [-0.25, -0.2) is 4.98 Å². The Morgan fingerprint density at radius 1 is 1.29 bits per heavy atom. The van der Waals surface area contributed by atoms with Crippen LogP contribution in [0.1, 0.15) is 11.6 Å². The van der Waals surface area contributed by atoms with E-state index in [1.165, 1.54) is 0 Å². The fourth-order valence-electron chi connectivity index (χ4n) is 2.01. The van der Waals surface area contributed by atoms with Gasteiger partial charge in [0, 0.05) is 18.2 Å². The van der Waals surface area contributed by atoms with E-state index in [9.17, 15) is 0 Å². The first-order chi connectivity index (χ1) is 8.15. The second-order valence-electron chi connectivity index (χ2n) is 4.02. The molecule has 0 amide bonds. The Morgan fingerprint density at radius 3 is 2.82 bits per heavy atom. The molecule has 2 heterocycles. The predicted octanol–water partition coefficient (Wildman–Crippen LogP) is 2.42. The van der Waals surface area contributed by atoms with Gasteiger partial charge in [-0.1, -0.05) is 6.07 Å². The van der Waals surface area contributed by atoms with Crippen LogP contribution in [0.3, 0.4) is 0 Å². The summed E-state index contributed by atoms with van der Waals surface area (Å²) in [5, 5.41) is 6.85. The van der Waals surface area contributed by atoms with Crippen molar-refractivity contribution >= 4 is 16.9 Å². The Labute approximate surface area is 97.7 Å². The van der Waals surface area contributed by atoms with Crippen LogP contribution in [0.2, 0.25) is 0 Å². The topological polar surface area (TPSA) is 80.7 Å². The first kappa shape index (κ1) is 9.89. The summed E-state index contributed by atoms with van der Waals surface area (Å²) in [5.41, 5.74) is 10.3. The lowest BCUT2D eigenvalue weighted by Gasteiger charge is -2.00. The van der Waals surface area contributed by atoms with Crippen molar-refractivity contribution in [2.75, 3.05) is 5.73 Å². The first-order valence-electron chi connectivity index (χ1n) is 5.33. The maximum absolute atomic E-state index is 5.83. The van der Waals surface area contributed by atoms with E-state index in [4.69, 9.17) is 10.2 Å². The molecule has 0 aliphatic heterocycles. The molecule has 0 unspecified atom stereocenters. The number of benzene rings is 1. The van der Waals surface area contributed by atoms with Gasteiger partial charge in [-0.05, 0) is 24.6 Å². The Hall–Kier alpha value is -2.30. The van der Waals surface area contributed by atoms with Crippen molar-refractivity contribution in [3.63, 3.8) is 0 Å². The molecule has 3 aromatic rings. The van der Waals surface area contributed by atoms with Crippen LogP contribution in [0.5, 0.6) is 0 Å². The SMILES string of the molecule is Cc1nc2ccc(-c3c(N)n[nH]c3C)cc2o1. The minimum atomic E-state index is 0.498. The number of fused-ring (bicyclic) bond motifs is 1. The number of nitrogens with one attached hydrogen (secondary N) is 1. The van der Waals surface area contributed by atoms with E-state index in [0.29, 0.717) is 11.7 Å². The summed E-state index contributed by atoms with van der Waals surface area (Å²) >= 11 is 0. The molecule has 0 saturated heterocycles. The largest absolute Gasteiger partial charge is 0.441 e. The monoisotopic (exact) mass is 228 g/mol. The van der Waals surface area contributed by atoms with Gasteiger partial charge in [0.25, 0.3) is 0 Å². The average Bonchev–Trinajstić information content (AvgIpc) is 2.80. The number of nitrogens with two attached hydrogens (primary N) is 1. The number of aromatic amines is 1. The molecule has 0 radical (unpaired) electrons. The van der Waals surface area contributed by atoms with Gasteiger partial charge in [-0.2, -0.15) is 5.10 Å². The number of anilines is 1. The smallest absolute Gasteiger partial charge is 0.192 e. The third-order valence-electron chi connectivity index (χ3n) is 2.76. The van der Waals surface area contributed by atoms with E-state index in [-0.39, 0.29) is 0 Å². The minimum absolute atomic E-state index is 0.498. The second-order valence-corrected chi connectivity index (χ2v) is 4.02. The maximum atomic E-state index is 5.83. The lowest BCUT2D eigenvalue weighted by atomic mass is 10.1. The molecule has 0 saturated carbocycles. The van der Waals surface area contributed by atoms with Crippen LogP contribution in [0.4, 0.5) is 5.82 Å². The van der Waals surface area contributed by atoms with Crippen molar-refractivity contribution in [3.8, 4) is 11.1 Å². The lowest BCUT2D eigenvalue weighted by molar-refractivity contribution is 0.561. The second kappa shape index (κ2) is 3.35. The molecule has 0 spiro atoms. The molecule has 2 aromatic heterocycles. The summed E-state index contributed by atoms with van der Waals surface area (Å²) in [6, 6.07) is 5.83. The van der Waals surface area contributed by atoms with Gasteiger partial charge in [-0.3, -0.25) is 5.10 Å². The van der Waals surface area contributed by atoms with Crippen LogP contribution in [-0.4, -0.2) is 15.2 Å². The average molecular weight is 228 g/mol. The van der Waals surface area contributed by atoms with Crippen LogP contribution in [0.25, 0.3) is 22.2 Å². The summed E-state index contributed by atoms with van der Waals surface area (Å²) in [6.07, 6.45) is 0. The zero-order valence-electron chi connectivity index (χ0n) is 9.61. The van der Waals surface area contributed by atoms with Crippen LogP contribution >= 0.6 is 0 Å². The summed E-state index contributed by atoms with van der Waals surface area (Å²) in [7, 11) is 0. The van der Waals surface area contributed by atoms with Gasteiger partial charge in [0.2, 0.25) is 0 Å². The Bertz CT molecular complexity index is 676. The molecular weight excluding hydrogens is 216 g/mol. The third kappa shape index (κ3) is 1.47. The molecule has 3 rings (SSSR count). The zero-order valence-corrected chi connectivity index (χ0v) is 9.61. The van der Waals surface area contributed by atoms with Crippen LogP contribution in [-0.2, 0) is 0 Å². The van der Waals surface area contributed by atoms with E-state index in [2.05, 4.69) is 15.2 Å².